The van der Waals surface area contributed by atoms with Gasteiger partial charge < -0.3 is 20.1 Å². The Bertz CT molecular complexity index is 1840. The number of aromatic nitrogens is 3. The third-order valence-electron chi connectivity index (χ3n) is 7.95. The molecule has 0 unspecified atom stereocenters. The van der Waals surface area contributed by atoms with Crippen molar-refractivity contribution in [2.75, 3.05) is 52.9 Å². The zero-order chi connectivity index (χ0) is 35.6. The Kier molecular flexibility index (Phi) is 12.0. The number of pyridine rings is 3. The molecule has 0 saturated carbocycles. The molecule has 1 aromatic carbocycles. The molecular weight excluding hydrogens is 662 g/mol. The number of rotatable bonds is 9. The zero-order valence-electron chi connectivity index (χ0n) is 27.2. The summed E-state index contributed by atoms with van der Waals surface area (Å²) in [4.78, 5) is 59.3. The molecule has 3 N–H and O–H groups in total. The number of isothiocyanates is 1. The minimum atomic E-state index is -1.05. The highest BCUT2D eigenvalue weighted by Crippen LogP contribution is 2.35. The standard InChI is InChI=1S/C35H35N7O7S/c1-49-32-9-8-23(14-31(32)36-22-50)24-15-29-27-6-2-4-25(37-27)17-41(20-34(45)46)12-10-40(19-33(43)44)11-13-42(21-35(47)48)18-26-5-3-7-28(38-26)30(16-24)39-29/h2-9,14-16H,10-13,17-21H2,1H3,(H,43,44)(H,45,46)(H,47,48). The van der Waals surface area contributed by atoms with E-state index in [1.54, 1.807) is 40.0 Å². The first-order valence-corrected chi connectivity index (χ1v) is 16.0. The number of carboxylic acid groups (broad SMARTS) is 3. The molecular formula is C35H35N7O7S. The summed E-state index contributed by atoms with van der Waals surface area (Å²) in [6.45, 7) is 0.418. The Morgan fingerprint density at radius 2 is 1.20 bits per heavy atom. The molecule has 1 aliphatic rings. The van der Waals surface area contributed by atoms with Crippen molar-refractivity contribution in [3.63, 3.8) is 0 Å². The highest BCUT2D eigenvalue weighted by Gasteiger charge is 2.20. The van der Waals surface area contributed by atoms with Crippen LogP contribution < -0.4 is 4.74 Å². The molecule has 4 heterocycles. The lowest BCUT2D eigenvalue weighted by Gasteiger charge is -2.28. The van der Waals surface area contributed by atoms with Gasteiger partial charge in [-0.05, 0) is 71.9 Å². The van der Waals surface area contributed by atoms with Gasteiger partial charge in [0.15, 0.2) is 0 Å². The molecule has 5 rings (SSSR count). The predicted octanol–water partition coefficient (Wildman–Crippen LogP) is 3.79. The highest BCUT2D eigenvalue weighted by atomic mass is 32.1. The van der Waals surface area contributed by atoms with Gasteiger partial charge in [-0.15, -0.1) is 0 Å². The van der Waals surface area contributed by atoms with Crippen molar-refractivity contribution in [2.24, 2.45) is 4.99 Å². The summed E-state index contributed by atoms with van der Waals surface area (Å²) in [6.07, 6.45) is 0. The van der Waals surface area contributed by atoms with E-state index in [1.807, 2.05) is 48.5 Å². The number of benzene rings is 1. The molecule has 14 nitrogen and oxygen atoms in total. The first-order valence-electron chi connectivity index (χ1n) is 15.6. The third-order valence-corrected chi connectivity index (χ3v) is 8.05. The SMILES string of the molecule is COc1ccc(-c2cc3nc(c2)-c2cccc(n2)CN(CC(=O)O)CCN(CC(=O)O)CCN(CC(=O)O)Cc2cccc-3n2)cc1N=C=S. The smallest absolute Gasteiger partial charge is 0.317 e. The second-order valence-corrected chi connectivity index (χ2v) is 11.8. The van der Waals surface area contributed by atoms with E-state index in [0.29, 0.717) is 45.6 Å². The molecule has 0 saturated heterocycles. The maximum absolute atomic E-state index is 11.8. The van der Waals surface area contributed by atoms with Crippen LogP contribution in [0.5, 0.6) is 5.75 Å². The maximum Gasteiger partial charge on any atom is 0.317 e. The van der Waals surface area contributed by atoms with Crippen LogP contribution in [0.2, 0.25) is 0 Å². The summed E-state index contributed by atoms with van der Waals surface area (Å²) in [5, 5.41) is 31.3. The molecule has 0 amide bonds. The zero-order valence-corrected chi connectivity index (χ0v) is 28.0. The highest BCUT2D eigenvalue weighted by molar-refractivity contribution is 7.78. The molecule has 1 aliphatic heterocycles. The number of thiocarbonyl (C=S) groups is 1. The first kappa shape index (κ1) is 35.9. The van der Waals surface area contributed by atoms with E-state index in [4.69, 9.17) is 31.9 Å². The quantitative estimate of drug-likeness (QED) is 0.170. The average molecular weight is 698 g/mol. The summed E-state index contributed by atoms with van der Waals surface area (Å²) < 4.78 is 5.44. The van der Waals surface area contributed by atoms with Crippen LogP contribution in [0, 0.1) is 0 Å². The summed E-state index contributed by atoms with van der Waals surface area (Å²) in [5.41, 5.74) is 5.42. The monoisotopic (exact) mass is 697 g/mol. The molecule has 0 atom stereocenters. The molecule has 50 heavy (non-hydrogen) atoms. The summed E-state index contributed by atoms with van der Waals surface area (Å²) in [7, 11) is 1.54. The second-order valence-electron chi connectivity index (χ2n) is 11.6. The van der Waals surface area contributed by atoms with E-state index < -0.39 is 17.9 Å². The fourth-order valence-electron chi connectivity index (χ4n) is 5.68. The lowest BCUT2D eigenvalue weighted by atomic mass is 10.0. The van der Waals surface area contributed by atoms with Gasteiger partial charge in [0.1, 0.15) is 11.4 Å². The number of methoxy groups -OCH3 is 1. The van der Waals surface area contributed by atoms with Crippen LogP contribution >= 0.6 is 12.2 Å². The lowest BCUT2D eigenvalue weighted by molar-refractivity contribution is -0.140. The minimum absolute atomic E-state index is 0.180. The molecule has 15 heteroatoms. The Labute approximate surface area is 293 Å². The van der Waals surface area contributed by atoms with Crippen molar-refractivity contribution in [3.8, 4) is 39.7 Å². The number of carbonyl (C=O) groups is 3. The first-order chi connectivity index (χ1) is 24.1. The molecule has 0 spiro atoms. The van der Waals surface area contributed by atoms with Gasteiger partial charge in [0, 0.05) is 39.3 Å². The fourth-order valence-corrected chi connectivity index (χ4v) is 5.78. The summed E-state index contributed by atoms with van der Waals surface area (Å²) >= 11 is 4.86. The maximum atomic E-state index is 11.8. The van der Waals surface area contributed by atoms with Crippen molar-refractivity contribution in [3.05, 3.63) is 78.1 Å². The largest absolute Gasteiger partial charge is 0.494 e. The van der Waals surface area contributed by atoms with Crippen molar-refractivity contribution >= 4 is 41.0 Å². The van der Waals surface area contributed by atoms with E-state index in [-0.39, 0.29) is 58.9 Å². The van der Waals surface area contributed by atoms with Gasteiger partial charge in [0.25, 0.3) is 0 Å². The van der Waals surface area contributed by atoms with Gasteiger partial charge in [0.05, 0.1) is 66.1 Å². The number of hydrogen-bond acceptors (Lipinski definition) is 12. The van der Waals surface area contributed by atoms with Gasteiger partial charge in [-0.2, -0.15) is 4.99 Å². The number of carboxylic acids is 3. The average Bonchev–Trinajstić information content (AvgIpc) is 3.08. The number of nitrogens with zero attached hydrogens (tertiary/aromatic N) is 7. The molecule has 6 bridgehead atoms. The lowest BCUT2D eigenvalue weighted by Crippen LogP contribution is -2.43. The molecule has 258 valence electrons. The number of aliphatic carboxylic acids is 3. The van der Waals surface area contributed by atoms with Gasteiger partial charge in [0.2, 0.25) is 0 Å². The summed E-state index contributed by atoms with van der Waals surface area (Å²) in [6, 6.07) is 20.2. The van der Waals surface area contributed by atoms with Crippen LogP contribution in [0.3, 0.4) is 0 Å². The van der Waals surface area contributed by atoms with Crippen molar-refractivity contribution < 1.29 is 34.4 Å². The van der Waals surface area contributed by atoms with Crippen molar-refractivity contribution in [1.29, 1.82) is 0 Å². The number of aliphatic imine (C=N–C) groups is 1. The molecule has 0 aliphatic carbocycles. The number of hydrogen-bond donors (Lipinski definition) is 3. The Morgan fingerprint density at radius 3 is 1.68 bits per heavy atom. The van der Waals surface area contributed by atoms with Gasteiger partial charge in [-0.1, -0.05) is 18.2 Å². The van der Waals surface area contributed by atoms with Crippen LogP contribution in [0.15, 0.2) is 71.7 Å². The molecule has 0 fully saturated rings. The van der Waals surface area contributed by atoms with Crippen LogP contribution in [-0.2, 0) is 27.5 Å². The van der Waals surface area contributed by atoms with E-state index in [0.717, 1.165) is 11.1 Å². The van der Waals surface area contributed by atoms with E-state index >= 15 is 0 Å². The second kappa shape index (κ2) is 16.8. The van der Waals surface area contributed by atoms with Crippen LogP contribution in [0.1, 0.15) is 11.4 Å². The van der Waals surface area contributed by atoms with Gasteiger partial charge in [-0.25, -0.2) is 15.0 Å². The van der Waals surface area contributed by atoms with Crippen molar-refractivity contribution in [1.82, 2.24) is 29.7 Å². The van der Waals surface area contributed by atoms with E-state index in [9.17, 15) is 29.7 Å². The third kappa shape index (κ3) is 9.81. The molecule has 4 aromatic rings. The molecule has 3 aromatic heterocycles. The minimum Gasteiger partial charge on any atom is -0.494 e. The fraction of sp³-hybridized carbons (Fsp3) is 0.286. The van der Waals surface area contributed by atoms with Crippen molar-refractivity contribution in [2.45, 2.75) is 13.1 Å². The number of ether oxygens (including phenoxy) is 1. The normalized spacial score (nSPS) is 14.5. The van der Waals surface area contributed by atoms with E-state index in [1.165, 1.54) is 0 Å². The Balaban J connectivity index is 1.65. The number of fused-ring (bicyclic) bond motifs is 8. The van der Waals surface area contributed by atoms with E-state index in [2.05, 4.69) is 10.2 Å². The van der Waals surface area contributed by atoms with Gasteiger partial charge in [-0.3, -0.25) is 29.1 Å². The Hall–Kier alpha value is -5.44. The van der Waals surface area contributed by atoms with Crippen LogP contribution in [0.4, 0.5) is 5.69 Å². The predicted molar refractivity (Wildman–Crippen MR) is 187 cm³/mol. The van der Waals surface area contributed by atoms with Crippen LogP contribution in [0.25, 0.3) is 33.9 Å². The van der Waals surface area contributed by atoms with Crippen LogP contribution in [-0.4, -0.2) is 121 Å². The topological polar surface area (TPSA) is 182 Å². The van der Waals surface area contributed by atoms with Gasteiger partial charge >= 0.3 is 17.9 Å². The Morgan fingerprint density at radius 1 is 0.700 bits per heavy atom. The summed E-state index contributed by atoms with van der Waals surface area (Å²) in [5.74, 6) is -2.59. The molecule has 0 radical (unpaired) electrons.